The summed E-state index contributed by atoms with van der Waals surface area (Å²) in [6.07, 6.45) is 8.41. The molecule has 3 unspecified atom stereocenters. The predicted octanol–water partition coefficient (Wildman–Crippen LogP) is 3.05. The molecule has 1 N–H and O–H groups in total. The molecule has 0 aliphatic carbocycles. The van der Waals surface area contributed by atoms with Gasteiger partial charge in [0.1, 0.15) is 18.6 Å². The van der Waals surface area contributed by atoms with Gasteiger partial charge in [-0.3, -0.25) is 4.67 Å². The van der Waals surface area contributed by atoms with E-state index in [0.717, 1.165) is 41.8 Å². The van der Waals surface area contributed by atoms with E-state index in [-0.39, 0.29) is 12.7 Å². The molecule has 0 spiro atoms. The van der Waals surface area contributed by atoms with Gasteiger partial charge in [-0.15, -0.1) is 0 Å². The average molecular weight is 331 g/mol. The van der Waals surface area contributed by atoms with Crippen molar-refractivity contribution < 1.29 is 4.39 Å². The number of H-pyrrole nitrogens is 1. The molecule has 3 aromatic rings. The fourth-order valence-corrected chi connectivity index (χ4v) is 3.86. The monoisotopic (exact) mass is 331 g/mol. The maximum absolute atomic E-state index is 13.7. The van der Waals surface area contributed by atoms with Crippen molar-refractivity contribution in [3.63, 3.8) is 0 Å². The van der Waals surface area contributed by atoms with E-state index in [9.17, 15) is 4.39 Å². The molecule has 0 radical (unpaired) electrons. The summed E-state index contributed by atoms with van der Waals surface area (Å²) in [6.45, 7) is 1.58. The lowest BCUT2D eigenvalue weighted by Gasteiger charge is -2.22. The Morgan fingerprint density at radius 3 is 3.09 bits per heavy atom. The number of hydrogen-bond donors (Lipinski definition) is 1. The summed E-state index contributed by atoms with van der Waals surface area (Å²) in [5.41, 5.74) is 2.70. The first-order chi connectivity index (χ1) is 11.3. The Morgan fingerprint density at radius 2 is 2.30 bits per heavy atom. The molecule has 5 nitrogen and oxygen atoms in total. The molecule has 1 aliphatic rings. The van der Waals surface area contributed by atoms with E-state index in [1.54, 1.807) is 6.33 Å². The third-order valence-corrected chi connectivity index (χ3v) is 5.15. The first kappa shape index (κ1) is 14.8. The highest BCUT2D eigenvalue weighted by atomic mass is 31.0. The zero-order chi connectivity index (χ0) is 15.8. The third-order valence-electron chi connectivity index (χ3n) is 4.68. The van der Waals surface area contributed by atoms with Crippen LogP contribution in [0.25, 0.3) is 22.3 Å². The first-order valence-electron chi connectivity index (χ1n) is 7.78. The topological polar surface area (TPSA) is 49.7 Å². The van der Waals surface area contributed by atoms with E-state index < -0.39 is 0 Å². The van der Waals surface area contributed by atoms with Gasteiger partial charge in [-0.05, 0) is 24.5 Å². The van der Waals surface area contributed by atoms with Gasteiger partial charge in [0.25, 0.3) is 0 Å². The molecule has 0 amide bonds. The molecule has 3 aromatic heterocycles. The molecule has 1 saturated heterocycles. The Morgan fingerprint density at radius 1 is 1.39 bits per heavy atom. The van der Waals surface area contributed by atoms with Gasteiger partial charge in [0.2, 0.25) is 0 Å². The van der Waals surface area contributed by atoms with Gasteiger partial charge in [-0.25, -0.2) is 14.4 Å². The summed E-state index contributed by atoms with van der Waals surface area (Å²) in [5.74, 6) is 0.343. The molecule has 1 aliphatic heterocycles. The van der Waals surface area contributed by atoms with Crippen molar-refractivity contribution in [2.75, 3.05) is 19.8 Å². The van der Waals surface area contributed by atoms with Crippen molar-refractivity contribution in [3.8, 4) is 11.3 Å². The Kier molecular flexibility index (Phi) is 3.87. The van der Waals surface area contributed by atoms with E-state index in [1.807, 2.05) is 35.3 Å². The summed E-state index contributed by atoms with van der Waals surface area (Å²) < 4.78 is 17.9. The minimum absolute atomic E-state index is 0.113. The number of fused-ring (bicyclic) bond motifs is 1. The van der Waals surface area contributed by atoms with Crippen LogP contribution in [0, 0.1) is 5.92 Å². The van der Waals surface area contributed by atoms with Gasteiger partial charge >= 0.3 is 0 Å². The highest BCUT2D eigenvalue weighted by Crippen LogP contribution is 2.32. The van der Waals surface area contributed by atoms with Crippen molar-refractivity contribution in [1.29, 1.82) is 0 Å². The van der Waals surface area contributed by atoms with Crippen LogP contribution >= 0.6 is 9.39 Å². The van der Waals surface area contributed by atoms with Crippen molar-refractivity contribution in [2.45, 2.75) is 12.5 Å². The second kappa shape index (κ2) is 6.02. The van der Waals surface area contributed by atoms with Crippen LogP contribution in [0.3, 0.4) is 0 Å². The van der Waals surface area contributed by atoms with E-state index in [4.69, 9.17) is 0 Å². The third kappa shape index (κ3) is 2.66. The smallest absolute Gasteiger partial charge is 0.141 e. The number of rotatable bonds is 4. The second-order valence-corrected chi connectivity index (χ2v) is 6.81. The number of hydrogen-bond acceptors (Lipinski definition) is 3. The van der Waals surface area contributed by atoms with E-state index in [2.05, 4.69) is 29.0 Å². The maximum Gasteiger partial charge on any atom is 0.141 e. The van der Waals surface area contributed by atoms with Crippen LogP contribution in [0.2, 0.25) is 0 Å². The summed E-state index contributed by atoms with van der Waals surface area (Å²) in [7, 11) is 2.72. The summed E-state index contributed by atoms with van der Waals surface area (Å²) in [4.78, 5) is 11.7. The zero-order valence-electron chi connectivity index (χ0n) is 12.7. The highest BCUT2D eigenvalue weighted by molar-refractivity contribution is 7.13. The molecule has 1 fully saturated rings. The number of nitrogens with one attached hydrogen (secondary N) is 1. The molecular formula is C16H19FN5P. The van der Waals surface area contributed by atoms with Crippen LogP contribution in [0.5, 0.6) is 0 Å². The molecule has 7 heteroatoms. The Bertz CT molecular complexity index is 814. The predicted molar refractivity (Wildman–Crippen MR) is 91.7 cm³/mol. The van der Waals surface area contributed by atoms with Crippen molar-refractivity contribution >= 4 is 20.4 Å². The van der Waals surface area contributed by atoms with Crippen LogP contribution in [0.1, 0.15) is 12.5 Å². The SMILES string of the molecule is FCC(C1CCN(P)C1)n1ccc(-c2ncnc3[nH]ccc23)c1. The fourth-order valence-electron chi connectivity index (χ4n) is 3.44. The zero-order valence-corrected chi connectivity index (χ0v) is 13.8. The molecular weight excluding hydrogens is 312 g/mol. The second-order valence-electron chi connectivity index (χ2n) is 6.07. The van der Waals surface area contributed by atoms with Crippen LogP contribution < -0.4 is 0 Å². The van der Waals surface area contributed by atoms with Gasteiger partial charge in [0, 0.05) is 42.6 Å². The van der Waals surface area contributed by atoms with Crippen molar-refractivity contribution in [1.82, 2.24) is 24.2 Å². The molecule has 0 saturated carbocycles. The standard InChI is InChI=1S/C16H19FN5P/c17-7-14(11-3-6-22(23)9-11)21-5-2-12(8-21)15-13-1-4-18-16(13)20-10-19-15/h1-2,4-5,8,10-11,14H,3,6-7,9,23H2,(H,18,19,20). The normalized spacial score (nSPS) is 20.3. The van der Waals surface area contributed by atoms with Crippen LogP contribution in [-0.2, 0) is 0 Å². The molecule has 4 heterocycles. The van der Waals surface area contributed by atoms with E-state index >= 15 is 0 Å². The van der Waals surface area contributed by atoms with Crippen molar-refractivity contribution in [2.24, 2.45) is 5.92 Å². The summed E-state index contributed by atoms with van der Waals surface area (Å²) in [5, 5.41) is 0.985. The fraction of sp³-hybridized carbons (Fsp3) is 0.375. The first-order valence-corrected chi connectivity index (χ1v) is 8.29. The largest absolute Gasteiger partial charge is 0.348 e. The Hall–Kier alpha value is -1.78. The number of aromatic amines is 1. The minimum atomic E-state index is -0.347. The minimum Gasteiger partial charge on any atom is -0.348 e. The number of nitrogens with zero attached hydrogens (tertiary/aromatic N) is 4. The van der Waals surface area contributed by atoms with E-state index in [1.165, 1.54) is 0 Å². The van der Waals surface area contributed by atoms with Crippen LogP contribution in [0.4, 0.5) is 4.39 Å². The van der Waals surface area contributed by atoms with Crippen molar-refractivity contribution in [3.05, 3.63) is 37.1 Å². The molecule has 0 bridgehead atoms. The number of alkyl halides is 1. The maximum atomic E-state index is 13.7. The van der Waals surface area contributed by atoms with Gasteiger partial charge in [0.05, 0.1) is 11.7 Å². The lowest BCUT2D eigenvalue weighted by atomic mass is 10.00. The van der Waals surface area contributed by atoms with Gasteiger partial charge in [-0.2, -0.15) is 0 Å². The van der Waals surface area contributed by atoms with Gasteiger partial charge in [-0.1, -0.05) is 9.39 Å². The van der Waals surface area contributed by atoms with Crippen LogP contribution in [0.15, 0.2) is 37.1 Å². The van der Waals surface area contributed by atoms with E-state index in [0.29, 0.717) is 5.92 Å². The lowest BCUT2D eigenvalue weighted by Crippen LogP contribution is -2.22. The van der Waals surface area contributed by atoms with Crippen LogP contribution in [-0.4, -0.2) is 44.0 Å². The van der Waals surface area contributed by atoms with Gasteiger partial charge < -0.3 is 9.55 Å². The highest BCUT2D eigenvalue weighted by Gasteiger charge is 2.29. The molecule has 3 atom stereocenters. The quantitative estimate of drug-likeness (QED) is 0.748. The lowest BCUT2D eigenvalue weighted by molar-refractivity contribution is 0.268. The molecule has 4 rings (SSSR count). The average Bonchev–Trinajstić information content (AvgIpc) is 3.28. The summed E-state index contributed by atoms with van der Waals surface area (Å²) >= 11 is 0. The Balaban J connectivity index is 1.67. The molecule has 0 aromatic carbocycles. The number of aromatic nitrogens is 4. The Labute approximate surface area is 136 Å². The van der Waals surface area contributed by atoms with Gasteiger partial charge in [0.15, 0.2) is 0 Å². The number of halogens is 1. The molecule has 23 heavy (non-hydrogen) atoms. The molecule has 120 valence electrons. The summed E-state index contributed by atoms with van der Waals surface area (Å²) in [6, 6.07) is 3.86.